The summed E-state index contributed by atoms with van der Waals surface area (Å²) in [5.41, 5.74) is 2.83. The van der Waals surface area contributed by atoms with Crippen LogP contribution in [0.15, 0.2) is 51.9 Å². The first-order valence-corrected chi connectivity index (χ1v) is 9.13. The van der Waals surface area contributed by atoms with Crippen LogP contribution in [0.4, 0.5) is 0 Å². The van der Waals surface area contributed by atoms with Gasteiger partial charge in [0, 0.05) is 23.7 Å². The van der Waals surface area contributed by atoms with Gasteiger partial charge in [0.05, 0.1) is 16.8 Å². The van der Waals surface area contributed by atoms with Crippen LogP contribution in [0.25, 0.3) is 10.2 Å². The van der Waals surface area contributed by atoms with Gasteiger partial charge in [0.1, 0.15) is 0 Å². The fourth-order valence-electron chi connectivity index (χ4n) is 2.44. The maximum Gasteiger partial charge on any atom is 0.279 e. The molecule has 0 aliphatic heterocycles. The van der Waals surface area contributed by atoms with E-state index >= 15 is 0 Å². The standard InChI is InChI=1S/C18H17BrN2O2S/c1-12-6-7-15-16(10-12)24-18(21(15)8-9-23-2)20-17(22)13-4-3-5-14(19)11-13/h3-7,10-11H,8-9H2,1-2H3. The lowest BCUT2D eigenvalue weighted by Crippen LogP contribution is -2.19. The maximum atomic E-state index is 12.5. The third-order valence-corrected chi connectivity index (χ3v) is 5.16. The Morgan fingerprint density at radius 1 is 1.29 bits per heavy atom. The number of carbonyl (C=O) groups excluding carboxylic acids is 1. The molecule has 4 nitrogen and oxygen atoms in total. The van der Waals surface area contributed by atoms with Crippen LogP contribution in [-0.4, -0.2) is 24.2 Å². The molecule has 1 heterocycles. The summed E-state index contributed by atoms with van der Waals surface area (Å²) in [6, 6.07) is 13.5. The number of hydrogen-bond donors (Lipinski definition) is 0. The molecule has 0 aliphatic carbocycles. The number of rotatable bonds is 4. The molecule has 0 aliphatic rings. The zero-order valence-electron chi connectivity index (χ0n) is 13.5. The Morgan fingerprint density at radius 2 is 2.12 bits per heavy atom. The molecule has 2 aromatic carbocycles. The van der Waals surface area contributed by atoms with Crippen molar-refractivity contribution in [3.05, 3.63) is 62.9 Å². The molecule has 0 saturated carbocycles. The van der Waals surface area contributed by atoms with Gasteiger partial charge < -0.3 is 9.30 Å². The van der Waals surface area contributed by atoms with E-state index in [4.69, 9.17) is 4.74 Å². The third-order valence-electron chi connectivity index (χ3n) is 3.63. The molecular formula is C18H17BrN2O2S. The number of methoxy groups -OCH3 is 1. The van der Waals surface area contributed by atoms with E-state index in [0.717, 1.165) is 14.7 Å². The first kappa shape index (κ1) is 17.1. The molecule has 0 radical (unpaired) electrons. The van der Waals surface area contributed by atoms with Crippen LogP contribution in [0, 0.1) is 6.92 Å². The molecule has 0 fully saturated rings. The monoisotopic (exact) mass is 404 g/mol. The molecule has 3 aromatic rings. The Balaban J connectivity index is 2.11. The highest BCUT2D eigenvalue weighted by molar-refractivity contribution is 9.10. The number of aromatic nitrogens is 1. The van der Waals surface area contributed by atoms with Gasteiger partial charge in [-0.25, -0.2) is 0 Å². The smallest absolute Gasteiger partial charge is 0.279 e. The largest absolute Gasteiger partial charge is 0.383 e. The van der Waals surface area contributed by atoms with Gasteiger partial charge in [-0.15, -0.1) is 0 Å². The summed E-state index contributed by atoms with van der Waals surface area (Å²) in [4.78, 5) is 17.6. The molecule has 1 amide bonds. The summed E-state index contributed by atoms with van der Waals surface area (Å²) >= 11 is 4.91. The second-order valence-electron chi connectivity index (χ2n) is 5.43. The Bertz CT molecular complexity index is 959. The van der Waals surface area contributed by atoms with E-state index in [1.807, 2.05) is 16.7 Å². The van der Waals surface area contributed by atoms with Crippen molar-refractivity contribution < 1.29 is 9.53 Å². The van der Waals surface area contributed by atoms with Crippen LogP contribution in [-0.2, 0) is 11.3 Å². The van der Waals surface area contributed by atoms with Gasteiger partial charge in [0.25, 0.3) is 5.91 Å². The van der Waals surface area contributed by atoms with E-state index < -0.39 is 0 Å². The number of nitrogens with zero attached hydrogens (tertiary/aromatic N) is 2. The van der Waals surface area contributed by atoms with Crippen LogP contribution in [0.3, 0.4) is 0 Å². The van der Waals surface area contributed by atoms with E-state index in [9.17, 15) is 4.79 Å². The lowest BCUT2D eigenvalue weighted by molar-refractivity contribution is 0.0997. The molecule has 0 spiro atoms. The number of halogens is 1. The summed E-state index contributed by atoms with van der Waals surface area (Å²) in [5.74, 6) is -0.245. The second-order valence-corrected chi connectivity index (χ2v) is 7.35. The minimum absolute atomic E-state index is 0.245. The van der Waals surface area contributed by atoms with Gasteiger partial charge in [-0.2, -0.15) is 4.99 Å². The van der Waals surface area contributed by atoms with Gasteiger partial charge in [0.15, 0.2) is 4.80 Å². The molecule has 3 rings (SSSR count). The van der Waals surface area contributed by atoms with E-state index in [1.54, 1.807) is 19.2 Å². The number of amides is 1. The topological polar surface area (TPSA) is 43.6 Å². The zero-order valence-corrected chi connectivity index (χ0v) is 15.9. The van der Waals surface area contributed by atoms with Gasteiger partial charge >= 0.3 is 0 Å². The maximum absolute atomic E-state index is 12.5. The quantitative estimate of drug-likeness (QED) is 0.654. The number of ether oxygens (including phenoxy) is 1. The number of benzene rings is 2. The molecule has 0 unspecified atom stereocenters. The van der Waals surface area contributed by atoms with Crippen molar-refractivity contribution in [2.75, 3.05) is 13.7 Å². The highest BCUT2D eigenvalue weighted by Crippen LogP contribution is 2.19. The van der Waals surface area contributed by atoms with E-state index in [2.05, 4.69) is 46.0 Å². The minimum atomic E-state index is -0.245. The molecule has 0 saturated heterocycles. The van der Waals surface area contributed by atoms with Crippen LogP contribution in [0.1, 0.15) is 15.9 Å². The number of carbonyl (C=O) groups is 1. The van der Waals surface area contributed by atoms with E-state index in [0.29, 0.717) is 23.5 Å². The van der Waals surface area contributed by atoms with Gasteiger partial charge in [-0.05, 0) is 42.8 Å². The predicted octanol–water partition coefficient (Wildman–Crippen LogP) is 4.16. The molecule has 6 heteroatoms. The molecule has 24 heavy (non-hydrogen) atoms. The van der Waals surface area contributed by atoms with E-state index in [1.165, 1.54) is 16.9 Å². The molecular weight excluding hydrogens is 388 g/mol. The molecule has 0 atom stereocenters. The van der Waals surface area contributed by atoms with Gasteiger partial charge in [-0.3, -0.25) is 4.79 Å². The van der Waals surface area contributed by atoms with E-state index in [-0.39, 0.29) is 5.91 Å². The van der Waals surface area contributed by atoms with Crippen LogP contribution in [0.5, 0.6) is 0 Å². The average molecular weight is 405 g/mol. The SMILES string of the molecule is COCCn1c(=NC(=O)c2cccc(Br)c2)sc2cc(C)ccc21. The van der Waals surface area contributed by atoms with Crippen LogP contribution >= 0.6 is 27.3 Å². The Morgan fingerprint density at radius 3 is 2.88 bits per heavy atom. The fourth-order valence-corrected chi connectivity index (χ4v) is 3.99. The lowest BCUT2D eigenvalue weighted by atomic mass is 10.2. The third kappa shape index (κ3) is 3.66. The summed E-state index contributed by atoms with van der Waals surface area (Å²) < 4.78 is 9.22. The van der Waals surface area contributed by atoms with Crippen LogP contribution < -0.4 is 4.80 Å². The van der Waals surface area contributed by atoms with Crippen molar-refractivity contribution in [3.8, 4) is 0 Å². The highest BCUT2D eigenvalue weighted by atomic mass is 79.9. The minimum Gasteiger partial charge on any atom is -0.383 e. The Hall–Kier alpha value is -1.76. The lowest BCUT2D eigenvalue weighted by Gasteiger charge is -2.04. The highest BCUT2D eigenvalue weighted by Gasteiger charge is 2.09. The van der Waals surface area contributed by atoms with Crippen molar-refractivity contribution >= 4 is 43.4 Å². The molecule has 1 aromatic heterocycles. The summed E-state index contributed by atoms with van der Waals surface area (Å²) in [6.07, 6.45) is 0. The predicted molar refractivity (Wildman–Crippen MR) is 100 cm³/mol. The second kappa shape index (κ2) is 7.42. The van der Waals surface area contributed by atoms with Gasteiger partial charge in [0.2, 0.25) is 0 Å². The van der Waals surface area contributed by atoms with Crippen molar-refractivity contribution in [1.29, 1.82) is 0 Å². The Labute approximate surface area is 152 Å². The average Bonchev–Trinajstić information content (AvgIpc) is 2.89. The van der Waals surface area contributed by atoms with Crippen molar-refractivity contribution in [1.82, 2.24) is 4.57 Å². The molecule has 0 N–H and O–H groups in total. The zero-order chi connectivity index (χ0) is 17.1. The van der Waals surface area contributed by atoms with Crippen molar-refractivity contribution in [2.24, 2.45) is 4.99 Å². The summed E-state index contributed by atoms with van der Waals surface area (Å²) in [6.45, 7) is 3.28. The summed E-state index contributed by atoms with van der Waals surface area (Å²) in [7, 11) is 1.67. The Kier molecular flexibility index (Phi) is 5.28. The summed E-state index contributed by atoms with van der Waals surface area (Å²) in [5, 5.41) is 0. The number of fused-ring (bicyclic) bond motifs is 1. The van der Waals surface area contributed by atoms with Crippen molar-refractivity contribution in [3.63, 3.8) is 0 Å². The molecule has 0 bridgehead atoms. The first-order chi connectivity index (χ1) is 11.6. The number of thiazole rings is 1. The number of aryl methyl sites for hydroxylation is 1. The fraction of sp³-hybridized carbons (Fsp3) is 0.222. The first-order valence-electron chi connectivity index (χ1n) is 7.52. The normalized spacial score (nSPS) is 12.0. The van der Waals surface area contributed by atoms with Crippen LogP contribution in [0.2, 0.25) is 0 Å². The van der Waals surface area contributed by atoms with Gasteiger partial charge in [-0.1, -0.05) is 39.4 Å². The molecule has 124 valence electrons. The van der Waals surface area contributed by atoms with Crippen molar-refractivity contribution in [2.45, 2.75) is 13.5 Å². The number of hydrogen-bond acceptors (Lipinski definition) is 3.